The number of ether oxygens (including phenoxy) is 2. The van der Waals surface area contributed by atoms with Crippen LogP contribution in [0.2, 0.25) is 0 Å². The van der Waals surface area contributed by atoms with E-state index in [9.17, 15) is 4.79 Å². The molecule has 2 aromatic carbocycles. The third kappa shape index (κ3) is 7.09. The van der Waals surface area contributed by atoms with Crippen LogP contribution >= 0.6 is 0 Å². The standard InChI is InChI=1S/C14H22O2.C12H16O/c1-13(2,3)11-7-9-12(10-8-11)14(4,15-5)16-6;1-9(13)10-5-7-11(8-6-10)12(2,3)4/h7-10H,1-6H3;5-8H,1-4H3. The van der Waals surface area contributed by atoms with Crippen LogP contribution in [0.25, 0.3) is 0 Å². The summed E-state index contributed by atoms with van der Waals surface area (Å²) in [6.45, 7) is 16.6. The summed E-state index contributed by atoms with van der Waals surface area (Å²) in [5, 5.41) is 0. The molecule has 160 valence electrons. The molecule has 3 nitrogen and oxygen atoms in total. The zero-order valence-electron chi connectivity index (χ0n) is 19.8. The highest BCUT2D eigenvalue weighted by Gasteiger charge is 2.25. The molecule has 0 aliphatic heterocycles. The van der Waals surface area contributed by atoms with Crippen molar-refractivity contribution in [2.24, 2.45) is 0 Å². The normalized spacial score (nSPS) is 12.2. The van der Waals surface area contributed by atoms with Crippen LogP contribution in [0.15, 0.2) is 48.5 Å². The topological polar surface area (TPSA) is 35.5 Å². The van der Waals surface area contributed by atoms with Crippen LogP contribution in [-0.4, -0.2) is 20.0 Å². The molecular formula is C26H38O3. The first-order chi connectivity index (χ1) is 13.2. The second kappa shape index (κ2) is 9.69. The van der Waals surface area contributed by atoms with E-state index in [0.717, 1.165) is 11.1 Å². The molecule has 0 amide bonds. The molecule has 0 spiro atoms. The van der Waals surface area contributed by atoms with Crippen LogP contribution in [0.4, 0.5) is 0 Å². The molecule has 3 heteroatoms. The van der Waals surface area contributed by atoms with Crippen molar-refractivity contribution >= 4 is 5.78 Å². The fourth-order valence-corrected chi connectivity index (χ4v) is 2.80. The van der Waals surface area contributed by atoms with Gasteiger partial charge in [0.2, 0.25) is 0 Å². The molecule has 29 heavy (non-hydrogen) atoms. The summed E-state index contributed by atoms with van der Waals surface area (Å²) in [7, 11) is 3.31. The van der Waals surface area contributed by atoms with Gasteiger partial charge in [-0.3, -0.25) is 4.79 Å². The largest absolute Gasteiger partial charge is 0.349 e. The zero-order valence-corrected chi connectivity index (χ0v) is 19.8. The Kier molecular flexibility index (Phi) is 8.37. The van der Waals surface area contributed by atoms with Crippen molar-refractivity contribution in [2.75, 3.05) is 14.2 Å². The first-order valence-corrected chi connectivity index (χ1v) is 10.1. The van der Waals surface area contributed by atoms with Gasteiger partial charge in [0.25, 0.3) is 0 Å². The molecular weight excluding hydrogens is 360 g/mol. The van der Waals surface area contributed by atoms with E-state index in [-0.39, 0.29) is 16.6 Å². The van der Waals surface area contributed by atoms with E-state index in [1.807, 2.05) is 31.2 Å². The molecule has 2 aromatic rings. The summed E-state index contributed by atoms with van der Waals surface area (Å²) < 4.78 is 10.8. The Morgan fingerprint density at radius 3 is 1.21 bits per heavy atom. The van der Waals surface area contributed by atoms with Crippen molar-refractivity contribution in [1.29, 1.82) is 0 Å². The molecule has 0 unspecified atom stereocenters. The highest BCUT2D eigenvalue weighted by molar-refractivity contribution is 5.94. The molecule has 0 aliphatic carbocycles. The zero-order chi connectivity index (χ0) is 22.5. The fourth-order valence-electron chi connectivity index (χ4n) is 2.80. The lowest BCUT2D eigenvalue weighted by atomic mass is 9.86. The number of carbonyl (C=O) groups excluding carboxylic acids is 1. The first-order valence-electron chi connectivity index (χ1n) is 10.1. The van der Waals surface area contributed by atoms with Crippen molar-refractivity contribution in [3.8, 4) is 0 Å². The summed E-state index contributed by atoms with van der Waals surface area (Å²) in [6.07, 6.45) is 0. The molecule has 0 fully saturated rings. The van der Waals surface area contributed by atoms with E-state index in [4.69, 9.17) is 9.47 Å². The molecule has 0 aliphatic rings. The van der Waals surface area contributed by atoms with Crippen molar-refractivity contribution in [2.45, 2.75) is 72.0 Å². The van der Waals surface area contributed by atoms with E-state index in [1.54, 1.807) is 21.1 Å². The molecule has 2 rings (SSSR count). The maximum Gasteiger partial charge on any atom is 0.191 e. The van der Waals surface area contributed by atoms with E-state index in [1.165, 1.54) is 11.1 Å². The van der Waals surface area contributed by atoms with Gasteiger partial charge >= 0.3 is 0 Å². The van der Waals surface area contributed by atoms with Crippen LogP contribution < -0.4 is 0 Å². The highest BCUT2D eigenvalue weighted by atomic mass is 16.7. The van der Waals surface area contributed by atoms with Crippen molar-refractivity contribution < 1.29 is 14.3 Å². The highest BCUT2D eigenvalue weighted by Crippen LogP contribution is 2.28. The van der Waals surface area contributed by atoms with Crippen LogP contribution in [0.1, 0.15) is 82.4 Å². The lowest BCUT2D eigenvalue weighted by Crippen LogP contribution is -2.26. The Morgan fingerprint density at radius 2 is 0.931 bits per heavy atom. The number of benzene rings is 2. The Morgan fingerprint density at radius 1 is 0.621 bits per heavy atom. The first kappa shape index (κ1) is 25.1. The van der Waals surface area contributed by atoms with Gasteiger partial charge in [0.15, 0.2) is 11.6 Å². The molecule has 0 radical (unpaired) electrons. The second-order valence-electron chi connectivity index (χ2n) is 9.56. The average Bonchev–Trinajstić information content (AvgIpc) is 2.66. The van der Waals surface area contributed by atoms with Gasteiger partial charge < -0.3 is 9.47 Å². The molecule has 0 N–H and O–H groups in total. The Hall–Kier alpha value is -1.97. The quantitative estimate of drug-likeness (QED) is 0.428. The molecule has 0 atom stereocenters. The van der Waals surface area contributed by atoms with Crippen LogP contribution in [0, 0.1) is 0 Å². The third-order valence-electron chi connectivity index (χ3n) is 5.21. The van der Waals surface area contributed by atoms with Gasteiger partial charge in [0.1, 0.15) is 0 Å². The van der Waals surface area contributed by atoms with Crippen molar-refractivity contribution in [1.82, 2.24) is 0 Å². The van der Waals surface area contributed by atoms with Crippen LogP contribution in [-0.2, 0) is 26.1 Å². The maximum atomic E-state index is 11.0. The lowest BCUT2D eigenvalue weighted by molar-refractivity contribution is -0.201. The summed E-state index contributed by atoms with van der Waals surface area (Å²) in [6, 6.07) is 16.2. The van der Waals surface area contributed by atoms with Gasteiger partial charge in [-0.25, -0.2) is 0 Å². The minimum absolute atomic E-state index is 0.125. The summed E-state index contributed by atoms with van der Waals surface area (Å²) >= 11 is 0. The van der Waals surface area contributed by atoms with Gasteiger partial charge in [-0.1, -0.05) is 90.1 Å². The minimum atomic E-state index is -0.656. The number of Topliss-reactive ketones (excluding diaryl/α,β-unsaturated/α-hetero) is 1. The van der Waals surface area contributed by atoms with E-state index in [0.29, 0.717) is 0 Å². The summed E-state index contributed by atoms with van der Waals surface area (Å²) in [5.41, 5.74) is 4.73. The number of rotatable bonds is 4. The second-order valence-corrected chi connectivity index (χ2v) is 9.56. The van der Waals surface area contributed by atoms with Gasteiger partial charge in [0, 0.05) is 25.3 Å². The Labute approximate surface area is 177 Å². The van der Waals surface area contributed by atoms with Gasteiger partial charge in [-0.2, -0.15) is 0 Å². The summed E-state index contributed by atoms with van der Waals surface area (Å²) in [4.78, 5) is 11.0. The fraction of sp³-hybridized carbons (Fsp3) is 0.500. The number of carbonyl (C=O) groups is 1. The number of hydrogen-bond donors (Lipinski definition) is 0. The van der Waals surface area contributed by atoms with E-state index in [2.05, 4.69) is 65.8 Å². The molecule has 0 bridgehead atoms. The molecule has 0 saturated carbocycles. The summed E-state index contributed by atoms with van der Waals surface area (Å²) in [5.74, 6) is -0.531. The van der Waals surface area contributed by atoms with Crippen LogP contribution in [0.5, 0.6) is 0 Å². The predicted molar refractivity (Wildman–Crippen MR) is 122 cm³/mol. The van der Waals surface area contributed by atoms with Crippen molar-refractivity contribution in [3.63, 3.8) is 0 Å². The SMILES string of the molecule is CC(=O)c1ccc(C(C)(C)C)cc1.COC(C)(OC)c1ccc(C(C)(C)C)cc1. The molecule has 0 saturated heterocycles. The average molecular weight is 399 g/mol. The number of ketones is 1. The minimum Gasteiger partial charge on any atom is -0.349 e. The van der Waals surface area contributed by atoms with E-state index < -0.39 is 5.79 Å². The molecule has 0 heterocycles. The van der Waals surface area contributed by atoms with Crippen LogP contribution in [0.3, 0.4) is 0 Å². The number of methoxy groups -OCH3 is 2. The monoisotopic (exact) mass is 398 g/mol. The van der Waals surface area contributed by atoms with Gasteiger partial charge in [0.05, 0.1) is 0 Å². The Bertz CT molecular complexity index is 769. The van der Waals surface area contributed by atoms with Gasteiger partial charge in [-0.15, -0.1) is 0 Å². The molecule has 0 aromatic heterocycles. The van der Waals surface area contributed by atoms with Crippen molar-refractivity contribution in [3.05, 3.63) is 70.8 Å². The smallest absolute Gasteiger partial charge is 0.191 e. The third-order valence-corrected chi connectivity index (χ3v) is 5.21. The number of hydrogen-bond acceptors (Lipinski definition) is 3. The maximum absolute atomic E-state index is 11.0. The van der Waals surface area contributed by atoms with E-state index >= 15 is 0 Å². The Balaban J connectivity index is 0.000000296. The lowest BCUT2D eigenvalue weighted by Gasteiger charge is -2.28. The predicted octanol–water partition coefficient (Wildman–Crippen LogP) is 6.64. The van der Waals surface area contributed by atoms with Gasteiger partial charge in [-0.05, 0) is 35.8 Å².